The molecule has 0 saturated carbocycles. The van der Waals surface area contributed by atoms with Gasteiger partial charge in [-0.15, -0.1) is 0 Å². The molecule has 2 aromatic heterocycles. The molecule has 0 radical (unpaired) electrons. The van der Waals surface area contributed by atoms with Gasteiger partial charge in [-0.25, -0.2) is 4.98 Å². The molecule has 1 aliphatic heterocycles. The SMILES string of the molecule is Cc1nccn1CC1CCCN(C(=O)CN(C)Cc2ccccn2)C1. The molecule has 3 rings (SSSR count). The number of carbonyl (C=O) groups is 1. The maximum absolute atomic E-state index is 12.7. The van der Waals surface area contributed by atoms with Crippen LogP contribution in [0.1, 0.15) is 24.4 Å². The van der Waals surface area contributed by atoms with Crippen LogP contribution >= 0.6 is 0 Å². The third kappa shape index (κ3) is 4.89. The molecule has 2 aromatic rings. The van der Waals surface area contributed by atoms with Crippen LogP contribution in [0.3, 0.4) is 0 Å². The van der Waals surface area contributed by atoms with Crippen molar-refractivity contribution in [2.24, 2.45) is 5.92 Å². The maximum Gasteiger partial charge on any atom is 0.236 e. The molecule has 6 heteroatoms. The highest BCUT2D eigenvalue weighted by Crippen LogP contribution is 2.19. The van der Waals surface area contributed by atoms with Gasteiger partial charge >= 0.3 is 0 Å². The van der Waals surface area contributed by atoms with Crippen molar-refractivity contribution in [1.82, 2.24) is 24.3 Å². The fourth-order valence-corrected chi connectivity index (χ4v) is 3.47. The van der Waals surface area contributed by atoms with E-state index in [1.807, 2.05) is 54.4 Å². The van der Waals surface area contributed by atoms with Crippen molar-refractivity contribution in [1.29, 1.82) is 0 Å². The van der Waals surface area contributed by atoms with E-state index in [1.54, 1.807) is 6.20 Å². The summed E-state index contributed by atoms with van der Waals surface area (Å²) in [5, 5.41) is 0. The van der Waals surface area contributed by atoms with Gasteiger partial charge < -0.3 is 9.47 Å². The lowest BCUT2D eigenvalue weighted by Gasteiger charge is -2.34. The maximum atomic E-state index is 12.7. The van der Waals surface area contributed by atoms with Gasteiger partial charge in [-0.2, -0.15) is 0 Å². The molecule has 1 atom stereocenters. The predicted molar refractivity (Wildman–Crippen MR) is 96.8 cm³/mol. The van der Waals surface area contributed by atoms with Crippen LogP contribution in [0.4, 0.5) is 0 Å². The molecular formula is C19H27N5O. The Balaban J connectivity index is 1.50. The quantitative estimate of drug-likeness (QED) is 0.806. The molecule has 1 saturated heterocycles. The van der Waals surface area contributed by atoms with E-state index in [1.165, 1.54) is 6.42 Å². The smallest absolute Gasteiger partial charge is 0.236 e. The summed E-state index contributed by atoms with van der Waals surface area (Å²) in [5.41, 5.74) is 0.991. The predicted octanol–water partition coefficient (Wildman–Crippen LogP) is 1.96. The van der Waals surface area contributed by atoms with Crippen LogP contribution < -0.4 is 0 Å². The molecular weight excluding hydrogens is 314 g/mol. The van der Waals surface area contributed by atoms with Crippen LogP contribution in [0.5, 0.6) is 0 Å². The minimum atomic E-state index is 0.213. The zero-order chi connectivity index (χ0) is 17.6. The average Bonchev–Trinajstić information content (AvgIpc) is 3.01. The third-order valence-electron chi connectivity index (χ3n) is 4.81. The molecule has 0 spiro atoms. The topological polar surface area (TPSA) is 54.3 Å². The number of aryl methyl sites for hydroxylation is 1. The standard InChI is InChI=1S/C19H27N5O/c1-16-20-9-11-23(16)12-17-6-5-10-24(13-17)19(25)15-22(2)14-18-7-3-4-8-21-18/h3-4,7-9,11,17H,5-6,10,12-15H2,1-2H3. The van der Waals surface area contributed by atoms with Gasteiger partial charge in [-0.1, -0.05) is 6.07 Å². The van der Waals surface area contributed by atoms with Crippen molar-refractivity contribution < 1.29 is 4.79 Å². The Morgan fingerprint density at radius 3 is 2.92 bits per heavy atom. The van der Waals surface area contributed by atoms with Gasteiger partial charge in [-0.05, 0) is 44.9 Å². The Morgan fingerprint density at radius 2 is 2.20 bits per heavy atom. The van der Waals surface area contributed by atoms with Crippen LogP contribution in [0.2, 0.25) is 0 Å². The number of pyridine rings is 1. The minimum absolute atomic E-state index is 0.213. The van der Waals surface area contributed by atoms with E-state index in [9.17, 15) is 4.79 Å². The van der Waals surface area contributed by atoms with Crippen LogP contribution in [0.25, 0.3) is 0 Å². The van der Waals surface area contributed by atoms with Gasteiger partial charge in [0, 0.05) is 44.8 Å². The Kier molecular flexibility index (Phi) is 5.81. The Hall–Kier alpha value is -2.21. The summed E-state index contributed by atoms with van der Waals surface area (Å²) in [5.74, 6) is 1.76. The van der Waals surface area contributed by atoms with E-state index in [2.05, 4.69) is 14.5 Å². The summed E-state index contributed by atoms with van der Waals surface area (Å²) in [4.78, 5) is 25.3. The molecule has 0 aliphatic carbocycles. The largest absolute Gasteiger partial charge is 0.341 e. The number of hydrogen-bond acceptors (Lipinski definition) is 4. The zero-order valence-corrected chi connectivity index (χ0v) is 15.1. The first-order valence-electron chi connectivity index (χ1n) is 8.96. The number of carbonyl (C=O) groups excluding carboxylic acids is 1. The first-order valence-corrected chi connectivity index (χ1v) is 8.96. The monoisotopic (exact) mass is 341 g/mol. The lowest BCUT2D eigenvalue weighted by molar-refractivity contribution is -0.134. The van der Waals surface area contributed by atoms with E-state index in [0.29, 0.717) is 19.0 Å². The van der Waals surface area contributed by atoms with Crippen molar-refractivity contribution >= 4 is 5.91 Å². The van der Waals surface area contributed by atoms with Crippen molar-refractivity contribution in [2.45, 2.75) is 32.9 Å². The number of amides is 1. The van der Waals surface area contributed by atoms with Crippen LogP contribution in [-0.4, -0.2) is 56.9 Å². The van der Waals surface area contributed by atoms with Crippen molar-refractivity contribution in [3.05, 3.63) is 48.3 Å². The third-order valence-corrected chi connectivity index (χ3v) is 4.81. The molecule has 134 valence electrons. The second kappa shape index (κ2) is 8.25. The second-order valence-corrected chi connectivity index (χ2v) is 6.97. The zero-order valence-electron chi connectivity index (χ0n) is 15.1. The molecule has 3 heterocycles. The number of nitrogens with zero attached hydrogens (tertiary/aromatic N) is 5. The van der Waals surface area contributed by atoms with Crippen LogP contribution in [0.15, 0.2) is 36.8 Å². The molecule has 0 bridgehead atoms. The van der Waals surface area contributed by atoms with Gasteiger partial charge in [0.1, 0.15) is 5.82 Å². The number of rotatable bonds is 6. The fourth-order valence-electron chi connectivity index (χ4n) is 3.47. The molecule has 1 aliphatic rings. The normalized spacial score (nSPS) is 17.9. The Labute approximate surface area is 149 Å². The molecule has 6 nitrogen and oxygen atoms in total. The van der Waals surface area contributed by atoms with E-state index < -0.39 is 0 Å². The highest BCUT2D eigenvalue weighted by Gasteiger charge is 2.24. The second-order valence-electron chi connectivity index (χ2n) is 6.97. The van der Waals surface area contributed by atoms with E-state index in [0.717, 1.165) is 37.6 Å². The number of imidazole rings is 1. The molecule has 1 fully saturated rings. The number of likely N-dealkylation sites (tertiary alicyclic amines) is 1. The molecule has 0 aromatic carbocycles. The van der Waals surface area contributed by atoms with Crippen LogP contribution in [-0.2, 0) is 17.9 Å². The lowest BCUT2D eigenvalue weighted by Crippen LogP contribution is -2.45. The lowest BCUT2D eigenvalue weighted by atomic mass is 9.97. The first kappa shape index (κ1) is 17.6. The minimum Gasteiger partial charge on any atom is -0.341 e. The molecule has 1 amide bonds. The highest BCUT2D eigenvalue weighted by atomic mass is 16.2. The highest BCUT2D eigenvalue weighted by molar-refractivity contribution is 5.78. The van der Waals surface area contributed by atoms with E-state index >= 15 is 0 Å². The van der Waals surface area contributed by atoms with Crippen molar-refractivity contribution in [2.75, 3.05) is 26.7 Å². The van der Waals surface area contributed by atoms with E-state index in [-0.39, 0.29) is 5.91 Å². The fraction of sp³-hybridized carbons (Fsp3) is 0.526. The molecule has 25 heavy (non-hydrogen) atoms. The summed E-state index contributed by atoms with van der Waals surface area (Å²) in [6, 6.07) is 5.88. The molecule has 0 N–H and O–H groups in total. The van der Waals surface area contributed by atoms with Gasteiger partial charge in [0.25, 0.3) is 0 Å². The number of likely N-dealkylation sites (N-methyl/N-ethyl adjacent to an activating group) is 1. The summed E-state index contributed by atoms with van der Waals surface area (Å²) in [6.07, 6.45) is 7.90. The van der Waals surface area contributed by atoms with Gasteiger partial charge in [0.2, 0.25) is 5.91 Å². The van der Waals surface area contributed by atoms with Crippen molar-refractivity contribution in [3.63, 3.8) is 0 Å². The average molecular weight is 341 g/mol. The summed E-state index contributed by atoms with van der Waals surface area (Å²) < 4.78 is 2.19. The number of aromatic nitrogens is 3. The Morgan fingerprint density at radius 1 is 1.32 bits per heavy atom. The van der Waals surface area contributed by atoms with Crippen molar-refractivity contribution in [3.8, 4) is 0 Å². The Bertz CT molecular complexity index is 684. The number of hydrogen-bond donors (Lipinski definition) is 0. The summed E-state index contributed by atoms with van der Waals surface area (Å²) in [7, 11) is 1.98. The first-order chi connectivity index (χ1) is 12.1. The van der Waals surface area contributed by atoms with Gasteiger partial charge in [0.15, 0.2) is 0 Å². The van der Waals surface area contributed by atoms with Crippen LogP contribution in [0, 0.1) is 12.8 Å². The van der Waals surface area contributed by atoms with E-state index in [4.69, 9.17) is 0 Å². The summed E-state index contributed by atoms with van der Waals surface area (Å²) in [6.45, 7) is 5.81. The molecule has 1 unspecified atom stereocenters. The van der Waals surface area contributed by atoms with Gasteiger partial charge in [0.05, 0.1) is 12.2 Å². The van der Waals surface area contributed by atoms with Gasteiger partial charge in [-0.3, -0.25) is 14.7 Å². The summed E-state index contributed by atoms with van der Waals surface area (Å²) >= 11 is 0. The number of piperidine rings is 1.